The number of esters is 1. The molecule has 1 fully saturated rings. The van der Waals surface area contributed by atoms with E-state index in [1.54, 1.807) is 0 Å². The first-order valence-electron chi connectivity index (χ1n) is 9.78. The molecule has 1 saturated heterocycles. The van der Waals surface area contributed by atoms with Crippen molar-refractivity contribution in [1.82, 2.24) is 0 Å². The van der Waals surface area contributed by atoms with Gasteiger partial charge in [-0.2, -0.15) is 0 Å². The van der Waals surface area contributed by atoms with Crippen LogP contribution < -0.4 is 0 Å². The molecule has 1 aliphatic heterocycles. The van der Waals surface area contributed by atoms with Crippen molar-refractivity contribution in [2.75, 3.05) is 0 Å². The molecule has 4 nitrogen and oxygen atoms in total. The molecule has 5 atom stereocenters. The van der Waals surface area contributed by atoms with Crippen LogP contribution in [0.1, 0.15) is 67.2 Å². The van der Waals surface area contributed by atoms with Gasteiger partial charge >= 0.3 is 5.97 Å². The Hall–Kier alpha value is -1.42. The number of ketones is 1. The van der Waals surface area contributed by atoms with Crippen molar-refractivity contribution < 1.29 is 19.1 Å². The summed E-state index contributed by atoms with van der Waals surface area (Å²) in [5.41, 5.74) is 1.58. The molecule has 0 saturated carbocycles. The summed E-state index contributed by atoms with van der Waals surface area (Å²) in [7, 11) is 0. The molecule has 146 valence electrons. The molecular formula is C22H34O4. The number of rotatable bonds is 3. The van der Waals surface area contributed by atoms with Crippen LogP contribution >= 0.6 is 0 Å². The standard InChI is InChI=1S/C22H34O4/c1-13(2)17-11-18(14(3)4)20(25-16(6)23)12-22(7)21(26-22)9-8-15(5)10-19(17)24/h11,14-15,17,20-21H,1,8-10,12H2,2-7H3/b18-11-/t15-,17-,20+,21+,22+/m1/s1. The number of carbonyl (C=O) groups excluding carboxylic acids is 2. The third-order valence-corrected chi connectivity index (χ3v) is 5.68. The lowest BCUT2D eigenvalue weighted by molar-refractivity contribution is -0.145. The molecule has 0 aromatic carbocycles. The second-order valence-electron chi connectivity index (χ2n) is 8.72. The van der Waals surface area contributed by atoms with Crippen LogP contribution in [0.3, 0.4) is 0 Å². The molecule has 0 bridgehead atoms. The SMILES string of the molecule is C=C(C)[C@H]1/C=C(/C(C)C)[C@@H](OC(C)=O)C[C@]2(C)O[C@H]2CC[C@@H](C)CC1=O. The van der Waals surface area contributed by atoms with Gasteiger partial charge in [0.1, 0.15) is 11.9 Å². The van der Waals surface area contributed by atoms with E-state index in [0.717, 1.165) is 24.0 Å². The van der Waals surface area contributed by atoms with Gasteiger partial charge in [-0.25, -0.2) is 0 Å². The minimum atomic E-state index is -0.367. The van der Waals surface area contributed by atoms with E-state index in [-0.39, 0.29) is 41.4 Å². The van der Waals surface area contributed by atoms with Crippen LogP contribution in [0, 0.1) is 17.8 Å². The number of ether oxygens (including phenoxy) is 2. The third kappa shape index (κ3) is 5.06. The fraction of sp³-hybridized carbons (Fsp3) is 0.727. The minimum absolute atomic E-state index is 0.162. The molecule has 0 aromatic heterocycles. The quantitative estimate of drug-likeness (QED) is 0.417. The summed E-state index contributed by atoms with van der Waals surface area (Å²) in [4.78, 5) is 24.6. The number of epoxide rings is 1. The summed E-state index contributed by atoms with van der Waals surface area (Å²) in [5, 5.41) is 0. The van der Waals surface area contributed by atoms with Crippen LogP contribution in [-0.2, 0) is 19.1 Å². The lowest BCUT2D eigenvalue weighted by atomic mass is 9.81. The summed E-state index contributed by atoms with van der Waals surface area (Å²) >= 11 is 0. The highest BCUT2D eigenvalue weighted by Gasteiger charge is 2.53. The van der Waals surface area contributed by atoms with E-state index >= 15 is 0 Å². The monoisotopic (exact) mass is 362 g/mol. The van der Waals surface area contributed by atoms with Crippen LogP contribution in [0.15, 0.2) is 23.8 Å². The van der Waals surface area contributed by atoms with Crippen LogP contribution in [-0.4, -0.2) is 29.6 Å². The van der Waals surface area contributed by atoms with Gasteiger partial charge in [0, 0.05) is 19.8 Å². The predicted octanol–water partition coefficient (Wildman–Crippen LogP) is 4.63. The zero-order valence-corrected chi connectivity index (χ0v) is 17.1. The average Bonchev–Trinajstić information content (AvgIpc) is 3.12. The highest BCUT2D eigenvalue weighted by molar-refractivity contribution is 5.85. The number of fused-ring (bicyclic) bond motifs is 1. The number of hydrogen-bond acceptors (Lipinski definition) is 4. The van der Waals surface area contributed by atoms with Crippen LogP contribution in [0.25, 0.3) is 0 Å². The summed E-state index contributed by atoms with van der Waals surface area (Å²) < 4.78 is 11.7. The number of hydrogen-bond donors (Lipinski definition) is 0. The zero-order chi connectivity index (χ0) is 19.6. The molecule has 0 radical (unpaired) electrons. The number of allylic oxidation sites excluding steroid dienone is 2. The largest absolute Gasteiger partial charge is 0.458 e. The van der Waals surface area contributed by atoms with Gasteiger partial charge in [-0.1, -0.05) is 39.0 Å². The van der Waals surface area contributed by atoms with E-state index in [2.05, 4.69) is 34.3 Å². The normalized spacial score (nSPS) is 37.7. The van der Waals surface area contributed by atoms with E-state index in [9.17, 15) is 9.59 Å². The van der Waals surface area contributed by atoms with Gasteiger partial charge < -0.3 is 9.47 Å². The molecule has 2 aliphatic rings. The maximum absolute atomic E-state index is 12.9. The Morgan fingerprint density at radius 2 is 2.00 bits per heavy atom. The van der Waals surface area contributed by atoms with Gasteiger partial charge in [-0.15, -0.1) is 0 Å². The van der Waals surface area contributed by atoms with E-state index in [1.807, 2.05) is 13.0 Å². The maximum Gasteiger partial charge on any atom is 0.303 e. The van der Waals surface area contributed by atoms with Crippen LogP contribution in [0.5, 0.6) is 0 Å². The van der Waals surface area contributed by atoms with Gasteiger partial charge in [0.05, 0.1) is 17.6 Å². The Balaban J connectivity index is 2.45. The smallest absolute Gasteiger partial charge is 0.303 e. The Morgan fingerprint density at radius 3 is 2.54 bits per heavy atom. The first-order valence-corrected chi connectivity index (χ1v) is 9.78. The molecule has 0 unspecified atom stereocenters. The molecule has 0 amide bonds. The highest BCUT2D eigenvalue weighted by atomic mass is 16.6. The number of Topliss-reactive ketones (excluding diaryl/α,β-unsaturated/α-hetero) is 1. The molecule has 1 heterocycles. The highest BCUT2D eigenvalue weighted by Crippen LogP contribution is 2.46. The van der Waals surface area contributed by atoms with Gasteiger partial charge in [0.25, 0.3) is 0 Å². The molecule has 2 rings (SSSR count). The fourth-order valence-corrected chi connectivity index (χ4v) is 4.01. The summed E-state index contributed by atoms with van der Waals surface area (Å²) in [6.07, 6.45) is 4.90. The first kappa shape index (κ1) is 20.9. The predicted molar refractivity (Wildman–Crippen MR) is 103 cm³/mol. The average molecular weight is 363 g/mol. The summed E-state index contributed by atoms with van der Waals surface area (Å²) in [6, 6.07) is 0. The zero-order valence-electron chi connectivity index (χ0n) is 17.1. The van der Waals surface area contributed by atoms with Gasteiger partial charge in [0.15, 0.2) is 0 Å². The van der Waals surface area contributed by atoms with Crippen molar-refractivity contribution in [2.24, 2.45) is 17.8 Å². The molecule has 0 spiro atoms. The Morgan fingerprint density at radius 1 is 1.35 bits per heavy atom. The Kier molecular flexibility index (Phi) is 6.49. The van der Waals surface area contributed by atoms with Crippen molar-refractivity contribution in [1.29, 1.82) is 0 Å². The van der Waals surface area contributed by atoms with Gasteiger partial charge in [-0.05, 0) is 44.1 Å². The van der Waals surface area contributed by atoms with E-state index in [0.29, 0.717) is 18.8 Å². The molecule has 0 aromatic rings. The van der Waals surface area contributed by atoms with Crippen molar-refractivity contribution >= 4 is 11.8 Å². The van der Waals surface area contributed by atoms with E-state index < -0.39 is 0 Å². The molecule has 0 N–H and O–H groups in total. The van der Waals surface area contributed by atoms with Crippen molar-refractivity contribution in [2.45, 2.75) is 85.0 Å². The second kappa shape index (κ2) is 8.08. The Bertz CT molecular complexity index is 603. The van der Waals surface area contributed by atoms with E-state index in [4.69, 9.17) is 9.47 Å². The molecule has 1 aliphatic carbocycles. The van der Waals surface area contributed by atoms with Crippen molar-refractivity contribution in [3.63, 3.8) is 0 Å². The lowest BCUT2D eigenvalue weighted by Gasteiger charge is -2.27. The van der Waals surface area contributed by atoms with Crippen molar-refractivity contribution in [3.8, 4) is 0 Å². The van der Waals surface area contributed by atoms with Gasteiger partial charge in [-0.3, -0.25) is 9.59 Å². The summed E-state index contributed by atoms with van der Waals surface area (Å²) in [5.74, 6) is 0.0645. The van der Waals surface area contributed by atoms with Crippen LogP contribution in [0.4, 0.5) is 0 Å². The molecule has 4 heteroatoms. The number of carbonyl (C=O) groups is 2. The minimum Gasteiger partial charge on any atom is -0.458 e. The second-order valence-corrected chi connectivity index (χ2v) is 8.72. The van der Waals surface area contributed by atoms with Crippen molar-refractivity contribution in [3.05, 3.63) is 23.8 Å². The maximum atomic E-state index is 12.9. The van der Waals surface area contributed by atoms with Gasteiger partial charge in [0.2, 0.25) is 0 Å². The Labute approximate surface area is 158 Å². The first-order chi connectivity index (χ1) is 12.0. The summed E-state index contributed by atoms with van der Waals surface area (Å²) in [6.45, 7) is 15.8. The topological polar surface area (TPSA) is 55.9 Å². The fourth-order valence-electron chi connectivity index (χ4n) is 4.01. The molecule has 26 heavy (non-hydrogen) atoms. The lowest BCUT2D eigenvalue weighted by Crippen LogP contribution is -2.30. The molecular weight excluding hydrogens is 328 g/mol. The van der Waals surface area contributed by atoms with Crippen LogP contribution in [0.2, 0.25) is 0 Å². The third-order valence-electron chi connectivity index (χ3n) is 5.68. The van der Waals surface area contributed by atoms with E-state index in [1.165, 1.54) is 6.92 Å².